The van der Waals surface area contributed by atoms with Gasteiger partial charge >= 0.3 is 5.97 Å². The van der Waals surface area contributed by atoms with E-state index in [1.165, 1.54) is 11.3 Å². The maximum absolute atomic E-state index is 13.3. The minimum Gasteiger partial charge on any atom is -0.481 e. The van der Waals surface area contributed by atoms with Crippen molar-refractivity contribution in [3.8, 4) is 34.5 Å². The zero-order valence-electron chi connectivity index (χ0n) is 33.9. The molecule has 4 aromatic carbocycles. The highest BCUT2D eigenvalue weighted by Gasteiger charge is 2.45. The molecule has 5 aromatic rings. The second kappa shape index (κ2) is 19.4. The Bertz CT molecular complexity index is 2190. The molecule has 0 saturated carbocycles. The van der Waals surface area contributed by atoms with Gasteiger partial charge < -0.3 is 48.3 Å². The Kier molecular flexibility index (Phi) is 14.2. The van der Waals surface area contributed by atoms with Gasteiger partial charge in [0.1, 0.15) is 40.0 Å². The number of carboxylic acid groups (broad SMARTS) is 1. The summed E-state index contributed by atoms with van der Waals surface area (Å²) in [5.41, 5.74) is 3.35. The number of benzene rings is 4. The van der Waals surface area contributed by atoms with E-state index < -0.39 is 16.8 Å². The molecule has 0 fully saturated rings. The Balaban J connectivity index is 0.000000201. The molecular formula is C44H49N3O11S. The molecule has 2 atom stereocenters. The number of anilines is 1. The SMILES string of the molecule is COCCOCOc1ccc2c(c1)Oc1ccccc1C2C(C)(C)C(=O)Nc1nncs1.COCCOCOc1ccc2c(c1)Oc1ccccc1C2C(C)(C)C(=O)O. The molecular weight excluding hydrogens is 779 g/mol. The molecule has 0 spiro atoms. The molecule has 3 heterocycles. The molecule has 59 heavy (non-hydrogen) atoms. The number of carbonyl (C=O) groups is 2. The first-order valence-corrected chi connectivity index (χ1v) is 19.8. The third-order valence-corrected chi connectivity index (χ3v) is 10.7. The van der Waals surface area contributed by atoms with Crippen LogP contribution in [0.25, 0.3) is 0 Å². The monoisotopic (exact) mass is 827 g/mol. The number of methoxy groups -OCH3 is 2. The van der Waals surface area contributed by atoms with E-state index in [0.717, 1.165) is 28.0 Å². The number of aromatic nitrogens is 2. The summed E-state index contributed by atoms with van der Waals surface area (Å²) < 4.78 is 44.1. The molecule has 15 heteroatoms. The van der Waals surface area contributed by atoms with Crippen molar-refractivity contribution in [1.29, 1.82) is 0 Å². The number of rotatable bonds is 17. The zero-order valence-corrected chi connectivity index (χ0v) is 34.7. The van der Waals surface area contributed by atoms with Crippen LogP contribution in [0.4, 0.5) is 5.13 Å². The molecule has 0 aliphatic carbocycles. The quantitative estimate of drug-likeness (QED) is 0.0678. The lowest BCUT2D eigenvalue weighted by Gasteiger charge is -2.38. The summed E-state index contributed by atoms with van der Waals surface area (Å²) in [5, 5.41) is 20.9. The van der Waals surface area contributed by atoms with E-state index in [4.69, 9.17) is 37.9 Å². The van der Waals surface area contributed by atoms with Crippen molar-refractivity contribution in [1.82, 2.24) is 10.2 Å². The summed E-state index contributed by atoms with van der Waals surface area (Å²) in [7, 11) is 3.23. The normalized spacial score (nSPS) is 15.1. The number of carboxylic acids is 1. The Morgan fingerprint density at radius 3 is 1.61 bits per heavy atom. The van der Waals surface area contributed by atoms with Crippen LogP contribution < -0.4 is 24.3 Å². The topological polar surface area (TPSA) is 166 Å². The predicted octanol–water partition coefficient (Wildman–Crippen LogP) is 8.47. The van der Waals surface area contributed by atoms with Crippen LogP contribution in [0.3, 0.4) is 0 Å². The smallest absolute Gasteiger partial charge is 0.310 e. The molecule has 0 radical (unpaired) electrons. The van der Waals surface area contributed by atoms with Crippen molar-refractivity contribution in [3.05, 3.63) is 113 Å². The Labute approximate surface area is 347 Å². The van der Waals surface area contributed by atoms with Crippen molar-refractivity contribution < 1.29 is 52.6 Å². The maximum Gasteiger partial charge on any atom is 0.310 e. The van der Waals surface area contributed by atoms with Crippen LogP contribution in [-0.4, -0.2) is 81.4 Å². The van der Waals surface area contributed by atoms with Gasteiger partial charge in [0.15, 0.2) is 13.6 Å². The number of fused-ring (bicyclic) bond motifs is 4. The standard InChI is InChI=1S/C23H25N3O5S.C21H24O6/c1-23(2,21(27)25-22-26-24-13-32-22)20-16-6-4-5-7-18(16)31-19-12-15(8-9-17(19)20)30-14-29-11-10-28-3;1-21(2,20(22)23)19-15-6-4-5-7-17(15)27-18-12-14(8-9-16(18)19)26-13-25-11-10-24-3/h4-9,12-13,20H,10-11,14H2,1-3H3,(H,25,26,27);4-9,12,19H,10-11,13H2,1-3H3,(H,22,23). The first kappa shape index (κ1) is 43.0. The van der Waals surface area contributed by atoms with E-state index in [0.29, 0.717) is 60.3 Å². The number of nitrogens with one attached hydrogen (secondary N) is 1. The number of carbonyl (C=O) groups excluding carboxylic acids is 1. The van der Waals surface area contributed by atoms with Crippen molar-refractivity contribution in [2.45, 2.75) is 39.5 Å². The highest BCUT2D eigenvalue weighted by Crippen LogP contribution is 2.54. The lowest BCUT2D eigenvalue weighted by atomic mass is 9.69. The summed E-state index contributed by atoms with van der Waals surface area (Å²) in [4.78, 5) is 25.2. The van der Waals surface area contributed by atoms with Crippen LogP contribution in [0, 0.1) is 10.8 Å². The minimum atomic E-state index is -1.000. The van der Waals surface area contributed by atoms with Crippen molar-refractivity contribution in [2.75, 3.05) is 59.5 Å². The van der Waals surface area contributed by atoms with Gasteiger partial charge in [0.25, 0.3) is 0 Å². The lowest BCUT2D eigenvalue weighted by Crippen LogP contribution is -2.38. The van der Waals surface area contributed by atoms with Gasteiger partial charge in [-0.1, -0.05) is 73.7 Å². The van der Waals surface area contributed by atoms with Crippen LogP contribution >= 0.6 is 11.3 Å². The fourth-order valence-electron chi connectivity index (χ4n) is 6.98. The van der Waals surface area contributed by atoms with Gasteiger partial charge in [0.2, 0.25) is 11.0 Å². The van der Waals surface area contributed by atoms with E-state index in [1.54, 1.807) is 45.7 Å². The van der Waals surface area contributed by atoms with Crippen molar-refractivity contribution >= 4 is 28.3 Å². The molecule has 312 valence electrons. The second-order valence-corrected chi connectivity index (χ2v) is 15.7. The first-order valence-electron chi connectivity index (χ1n) is 19.0. The lowest BCUT2D eigenvalue weighted by molar-refractivity contribution is -0.147. The zero-order chi connectivity index (χ0) is 42.0. The first-order chi connectivity index (χ1) is 28.4. The fraction of sp³-hybridized carbons (Fsp3) is 0.364. The van der Waals surface area contributed by atoms with Gasteiger partial charge in [-0.2, -0.15) is 0 Å². The molecule has 14 nitrogen and oxygen atoms in total. The highest BCUT2D eigenvalue weighted by atomic mass is 32.1. The molecule has 0 saturated heterocycles. The molecule has 2 aliphatic heterocycles. The molecule has 7 rings (SSSR count). The van der Waals surface area contributed by atoms with E-state index in [1.807, 2.05) is 86.6 Å². The number of hydrogen-bond donors (Lipinski definition) is 2. The van der Waals surface area contributed by atoms with Crippen LogP contribution in [0.5, 0.6) is 34.5 Å². The molecule has 0 bridgehead atoms. The molecule has 2 N–H and O–H groups in total. The number of hydrogen-bond acceptors (Lipinski definition) is 13. The van der Waals surface area contributed by atoms with Crippen molar-refractivity contribution in [3.63, 3.8) is 0 Å². The van der Waals surface area contributed by atoms with E-state index >= 15 is 0 Å². The number of nitrogens with zero attached hydrogens (tertiary/aromatic N) is 2. The summed E-state index contributed by atoms with van der Waals surface area (Å²) in [6, 6.07) is 26.4. The molecule has 1 aromatic heterocycles. The summed E-state index contributed by atoms with van der Waals surface area (Å²) in [6.45, 7) is 9.43. The summed E-state index contributed by atoms with van der Waals surface area (Å²) in [6.07, 6.45) is 0. The van der Waals surface area contributed by atoms with E-state index in [9.17, 15) is 14.7 Å². The number of ether oxygens (including phenoxy) is 8. The molecule has 2 unspecified atom stereocenters. The van der Waals surface area contributed by atoms with Gasteiger partial charge in [0.05, 0.1) is 37.3 Å². The second-order valence-electron chi connectivity index (χ2n) is 14.8. The number of amides is 1. The van der Waals surface area contributed by atoms with Gasteiger partial charge in [-0.25, -0.2) is 0 Å². The average molecular weight is 828 g/mol. The Morgan fingerprint density at radius 1 is 0.678 bits per heavy atom. The van der Waals surface area contributed by atoms with E-state index in [-0.39, 0.29) is 31.3 Å². The number of aliphatic carboxylic acids is 1. The van der Waals surface area contributed by atoms with Gasteiger partial charge in [-0.15, -0.1) is 10.2 Å². The van der Waals surface area contributed by atoms with Crippen LogP contribution in [0.2, 0.25) is 0 Å². The van der Waals surface area contributed by atoms with Crippen LogP contribution in [0.1, 0.15) is 61.8 Å². The van der Waals surface area contributed by atoms with Gasteiger partial charge in [-0.05, 0) is 38.1 Å². The van der Waals surface area contributed by atoms with Crippen LogP contribution in [-0.2, 0) is 28.5 Å². The molecule has 2 aliphatic rings. The Hall–Kier alpha value is -5.58. The minimum absolute atomic E-state index is 0.1000. The maximum atomic E-state index is 13.3. The van der Waals surface area contributed by atoms with E-state index in [2.05, 4.69) is 15.5 Å². The largest absolute Gasteiger partial charge is 0.481 e. The number of para-hydroxylation sites is 2. The third-order valence-electron chi connectivity index (χ3n) is 10.1. The highest BCUT2D eigenvalue weighted by molar-refractivity contribution is 7.13. The molecule has 1 amide bonds. The summed E-state index contributed by atoms with van der Waals surface area (Å²) >= 11 is 1.28. The average Bonchev–Trinajstić information content (AvgIpc) is 3.74. The predicted molar refractivity (Wildman–Crippen MR) is 220 cm³/mol. The van der Waals surface area contributed by atoms with Gasteiger partial charge in [0, 0.05) is 60.4 Å². The summed E-state index contributed by atoms with van der Waals surface area (Å²) in [5.74, 6) is 2.28. The van der Waals surface area contributed by atoms with Crippen LogP contribution in [0.15, 0.2) is 90.4 Å². The van der Waals surface area contributed by atoms with Gasteiger partial charge in [-0.3, -0.25) is 9.59 Å². The van der Waals surface area contributed by atoms with Crippen molar-refractivity contribution in [2.24, 2.45) is 10.8 Å². The fourth-order valence-corrected chi connectivity index (χ4v) is 7.42. The third kappa shape index (κ3) is 10.0. The Morgan fingerprint density at radius 2 is 1.15 bits per heavy atom.